The fourth-order valence-electron chi connectivity index (χ4n) is 5.58. The van der Waals surface area contributed by atoms with E-state index < -0.39 is 5.41 Å². The van der Waals surface area contributed by atoms with Crippen molar-refractivity contribution in [2.24, 2.45) is 0 Å². The van der Waals surface area contributed by atoms with Gasteiger partial charge in [-0.25, -0.2) is 0 Å². The topological polar surface area (TPSA) is 36.9 Å². The summed E-state index contributed by atoms with van der Waals surface area (Å²) < 4.78 is 23.5. The van der Waals surface area contributed by atoms with Crippen molar-refractivity contribution in [3.05, 3.63) is 119 Å². The van der Waals surface area contributed by atoms with E-state index in [0.29, 0.717) is 26.4 Å². The molecular weight excluding hydrogens is 496 g/mol. The van der Waals surface area contributed by atoms with Crippen molar-refractivity contribution in [3.8, 4) is 22.6 Å². The van der Waals surface area contributed by atoms with Gasteiger partial charge >= 0.3 is 0 Å². The lowest BCUT2D eigenvalue weighted by atomic mass is 9.68. The number of ether oxygens (including phenoxy) is 4. The zero-order valence-electron chi connectivity index (χ0n) is 24.3. The molecule has 0 heterocycles. The number of benzene rings is 4. The summed E-state index contributed by atoms with van der Waals surface area (Å²) in [6, 6.07) is 34.6. The summed E-state index contributed by atoms with van der Waals surface area (Å²) in [4.78, 5) is 0. The molecule has 0 spiro atoms. The van der Waals surface area contributed by atoms with Crippen molar-refractivity contribution in [2.75, 3.05) is 26.4 Å². The van der Waals surface area contributed by atoms with E-state index in [1.165, 1.54) is 33.4 Å². The highest BCUT2D eigenvalue weighted by atomic mass is 16.5. The van der Waals surface area contributed by atoms with Crippen LogP contribution in [-0.2, 0) is 14.9 Å². The Morgan fingerprint density at radius 2 is 1.02 bits per heavy atom. The molecule has 0 bridgehead atoms. The Bertz CT molecular complexity index is 1350. The van der Waals surface area contributed by atoms with Gasteiger partial charge in [0.05, 0.1) is 30.3 Å². The highest BCUT2D eigenvalue weighted by Gasteiger charge is 2.45. The summed E-state index contributed by atoms with van der Waals surface area (Å²) in [6.45, 7) is 12.4. The van der Waals surface area contributed by atoms with Crippen LogP contribution in [0.1, 0.15) is 56.9 Å². The minimum atomic E-state index is -0.458. The lowest BCUT2D eigenvalue weighted by Crippen LogP contribution is -2.28. The predicted octanol–water partition coefficient (Wildman–Crippen LogP) is 8.05. The van der Waals surface area contributed by atoms with E-state index in [9.17, 15) is 0 Å². The van der Waals surface area contributed by atoms with Gasteiger partial charge in [0.25, 0.3) is 0 Å². The van der Waals surface area contributed by atoms with E-state index in [1.54, 1.807) is 0 Å². The van der Waals surface area contributed by atoms with Crippen LogP contribution in [-0.4, -0.2) is 38.1 Å². The maximum atomic E-state index is 6.02. The van der Waals surface area contributed by atoms with E-state index in [2.05, 4.69) is 118 Å². The van der Waals surface area contributed by atoms with Gasteiger partial charge in [-0.05, 0) is 92.3 Å². The molecule has 0 N–H and O–H groups in total. The molecule has 0 saturated carbocycles. The summed E-state index contributed by atoms with van der Waals surface area (Å²) in [5.74, 6) is 1.68. The molecule has 0 radical (unpaired) electrons. The van der Waals surface area contributed by atoms with E-state index in [-0.39, 0.29) is 11.7 Å². The maximum Gasteiger partial charge on any atom is 0.119 e. The van der Waals surface area contributed by atoms with Gasteiger partial charge in [0.2, 0.25) is 0 Å². The van der Waals surface area contributed by atoms with Crippen LogP contribution in [0.25, 0.3) is 11.1 Å². The molecule has 208 valence electrons. The molecule has 1 aliphatic rings. The van der Waals surface area contributed by atoms with Crippen LogP contribution in [0, 0.1) is 0 Å². The molecule has 4 aromatic carbocycles. The quantitative estimate of drug-likeness (QED) is 0.160. The average molecular weight is 537 g/mol. The van der Waals surface area contributed by atoms with Gasteiger partial charge < -0.3 is 18.9 Å². The van der Waals surface area contributed by atoms with Crippen molar-refractivity contribution in [3.63, 3.8) is 0 Å². The molecule has 0 atom stereocenters. The Hall–Kier alpha value is -3.60. The van der Waals surface area contributed by atoms with Crippen LogP contribution in [0.15, 0.2) is 97.1 Å². The molecule has 40 heavy (non-hydrogen) atoms. The van der Waals surface area contributed by atoms with Crippen molar-refractivity contribution in [2.45, 2.75) is 51.7 Å². The molecule has 0 saturated heterocycles. The van der Waals surface area contributed by atoms with Crippen LogP contribution in [0.3, 0.4) is 0 Å². The molecular formula is C36H40O4. The number of rotatable bonds is 11. The molecule has 0 fully saturated rings. The van der Waals surface area contributed by atoms with Gasteiger partial charge in [-0.2, -0.15) is 0 Å². The molecule has 0 aromatic heterocycles. The first kappa shape index (κ1) is 27.9. The van der Waals surface area contributed by atoms with E-state index in [1.807, 2.05) is 13.8 Å². The smallest absolute Gasteiger partial charge is 0.119 e. The molecule has 4 heteroatoms. The summed E-state index contributed by atoms with van der Waals surface area (Å²) in [7, 11) is 0. The first-order valence-electron chi connectivity index (χ1n) is 14.2. The van der Waals surface area contributed by atoms with Gasteiger partial charge in [0.15, 0.2) is 0 Å². The van der Waals surface area contributed by atoms with E-state index >= 15 is 0 Å². The molecule has 1 aliphatic carbocycles. The summed E-state index contributed by atoms with van der Waals surface area (Å²) in [5, 5.41) is 0. The van der Waals surface area contributed by atoms with Gasteiger partial charge in [-0.15, -0.1) is 0 Å². The Labute approximate surface area is 238 Å². The second-order valence-corrected chi connectivity index (χ2v) is 11.5. The Balaban J connectivity index is 1.50. The van der Waals surface area contributed by atoms with Crippen molar-refractivity contribution in [1.82, 2.24) is 0 Å². The first-order chi connectivity index (χ1) is 19.3. The normalized spacial score (nSPS) is 13.7. The summed E-state index contributed by atoms with van der Waals surface area (Å²) >= 11 is 0. The van der Waals surface area contributed by atoms with Crippen LogP contribution in [0.4, 0.5) is 0 Å². The summed E-state index contributed by atoms with van der Waals surface area (Å²) in [6.07, 6.45) is 0.196. The maximum absolute atomic E-state index is 6.02. The fourth-order valence-corrected chi connectivity index (χ4v) is 5.58. The van der Waals surface area contributed by atoms with Crippen molar-refractivity contribution < 1.29 is 18.9 Å². The zero-order valence-corrected chi connectivity index (χ0v) is 24.3. The molecule has 0 unspecified atom stereocenters. The van der Waals surface area contributed by atoms with Crippen LogP contribution in [0.5, 0.6) is 11.5 Å². The lowest BCUT2D eigenvalue weighted by Gasteiger charge is -2.34. The second-order valence-electron chi connectivity index (χ2n) is 11.5. The summed E-state index contributed by atoms with van der Waals surface area (Å²) in [5.41, 5.74) is 6.86. The Morgan fingerprint density at radius 1 is 0.575 bits per heavy atom. The van der Waals surface area contributed by atoms with Crippen LogP contribution >= 0.6 is 0 Å². The third kappa shape index (κ3) is 5.79. The molecule has 5 rings (SSSR count). The number of fused-ring (bicyclic) bond motifs is 3. The lowest BCUT2D eigenvalue weighted by molar-refractivity contribution is -0.0163. The monoisotopic (exact) mass is 536 g/mol. The van der Waals surface area contributed by atoms with E-state index in [4.69, 9.17) is 18.9 Å². The van der Waals surface area contributed by atoms with Gasteiger partial charge in [0, 0.05) is 0 Å². The fraction of sp³-hybridized carbons (Fsp3) is 0.333. The molecule has 0 amide bonds. The average Bonchev–Trinajstić information content (AvgIpc) is 3.25. The number of hydrogen-bond donors (Lipinski definition) is 0. The van der Waals surface area contributed by atoms with E-state index in [0.717, 1.165) is 11.5 Å². The minimum absolute atomic E-state index is 0.175. The van der Waals surface area contributed by atoms with Gasteiger partial charge in [0.1, 0.15) is 24.7 Å². The number of hydrogen-bond acceptors (Lipinski definition) is 4. The Kier molecular flexibility index (Phi) is 8.30. The predicted molar refractivity (Wildman–Crippen MR) is 162 cm³/mol. The Morgan fingerprint density at radius 3 is 1.48 bits per heavy atom. The second kappa shape index (κ2) is 11.9. The van der Waals surface area contributed by atoms with Crippen molar-refractivity contribution in [1.29, 1.82) is 0 Å². The van der Waals surface area contributed by atoms with Crippen LogP contribution < -0.4 is 9.47 Å². The SMILES string of the molecule is CC(C)OCCOc1ccc(C2(c3ccc(OCCOC(C)(C)C)cc3)c3ccccc3-c3ccccc32)cc1. The van der Waals surface area contributed by atoms with Crippen molar-refractivity contribution >= 4 is 0 Å². The standard InChI is InChI=1S/C36H40O4/c1-26(2)37-22-23-38-29-18-14-27(15-19-29)36(28-16-20-30(21-17-28)39-24-25-40-35(3,4)5)33-12-8-6-10-31(33)32-11-7-9-13-34(32)36/h6-21,26H,22-25H2,1-5H3. The third-order valence-electron chi connectivity index (χ3n) is 7.22. The third-order valence-corrected chi connectivity index (χ3v) is 7.22. The van der Waals surface area contributed by atoms with Crippen LogP contribution in [0.2, 0.25) is 0 Å². The zero-order chi connectivity index (χ0) is 28.2. The van der Waals surface area contributed by atoms with Gasteiger partial charge in [-0.1, -0.05) is 72.8 Å². The minimum Gasteiger partial charge on any atom is -0.491 e. The highest BCUT2D eigenvalue weighted by Crippen LogP contribution is 2.56. The molecule has 0 aliphatic heterocycles. The molecule has 4 aromatic rings. The highest BCUT2D eigenvalue weighted by molar-refractivity contribution is 5.86. The molecule has 4 nitrogen and oxygen atoms in total. The largest absolute Gasteiger partial charge is 0.491 e. The first-order valence-corrected chi connectivity index (χ1v) is 14.2. The van der Waals surface area contributed by atoms with Gasteiger partial charge in [-0.3, -0.25) is 0 Å².